The highest BCUT2D eigenvalue weighted by Crippen LogP contribution is 2.34. The Bertz CT molecular complexity index is 916. The second-order valence-electron chi connectivity index (χ2n) is 8.21. The average molecular weight is 410 g/mol. The van der Waals surface area contributed by atoms with Crippen molar-refractivity contribution in [3.8, 4) is 0 Å². The van der Waals surface area contributed by atoms with Crippen molar-refractivity contribution in [1.29, 1.82) is 0 Å². The Hall–Kier alpha value is -2.17. The van der Waals surface area contributed by atoms with Gasteiger partial charge < -0.3 is 0 Å². The van der Waals surface area contributed by atoms with Gasteiger partial charge in [0.2, 0.25) is 0 Å². The third kappa shape index (κ3) is 4.54. The van der Waals surface area contributed by atoms with E-state index in [0.717, 1.165) is 36.3 Å². The number of piperidine rings is 1. The topological polar surface area (TPSA) is 35.9 Å². The highest BCUT2D eigenvalue weighted by Gasteiger charge is 2.34. The van der Waals surface area contributed by atoms with E-state index in [0.29, 0.717) is 11.6 Å². The van der Waals surface area contributed by atoms with Gasteiger partial charge in [0.05, 0.1) is 18.3 Å². The molecule has 5 heteroatoms. The second-order valence-corrected chi connectivity index (χ2v) is 8.65. The molecule has 1 fully saturated rings. The van der Waals surface area contributed by atoms with Crippen molar-refractivity contribution in [3.05, 3.63) is 69.7 Å². The molecule has 152 valence electrons. The number of hydrogen-bond acceptors (Lipinski definition) is 3. The number of hydrogen-bond donors (Lipinski definition) is 0. The van der Waals surface area contributed by atoms with Crippen LogP contribution in [-0.4, -0.2) is 41.2 Å². The van der Waals surface area contributed by atoms with Crippen LogP contribution in [0.1, 0.15) is 54.0 Å². The Labute approximate surface area is 178 Å². The Kier molecular flexibility index (Phi) is 6.02. The van der Waals surface area contributed by atoms with Gasteiger partial charge in [-0.3, -0.25) is 9.69 Å². The van der Waals surface area contributed by atoms with Gasteiger partial charge in [0.15, 0.2) is 0 Å². The summed E-state index contributed by atoms with van der Waals surface area (Å²) in [6.45, 7) is 6.63. The molecule has 4 nitrogen and oxygen atoms in total. The Morgan fingerprint density at radius 2 is 1.79 bits per heavy atom. The van der Waals surface area contributed by atoms with E-state index in [-0.39, 0.29) is 11.9 Å². The minimum atomic E-state index is -0.0838. The lowest BCUT2D eigenvalue weighted by Gasteiger charge is -2.29. The summed E-state index contributed by atoms with van der Waals surface area (Å²) in [5, 5.41) is 7.27. The summed E-state index contributed by atoms with van der Waals surface area (Å²) in [7, 11) is 0. The highest BCUT2D eigenvalue weighted by atomic mass is 35.5. The van der Waals surface area contributed by atoms with Crippen LogP contribution in [0, 0.1) is 13.8 Å². The number of carbonyl (C=O) groups is 1. The van der Waals surface area contributed by atoms with E-state index >= 15 is 0 Å². The molecule has 2 aliphatic heterocycles. The number of rotatable bonds is 4. The quantitative estimate of drug-likeness (QED) is 0.702. The molecule has 1 amide bonds. The smallest absolute Gasteiger partial charge is 0.257 e. The molecule has 0 spiro atoms. The molecule has 0 N–H and O–H groups in total. The maximum absolute atomic E-state index is 13.2. The molecule has 0 unspecified atom stereocenters. The molecule has 0 aliphatic carbocycles. The number of likely N-dealkylation sites (tertiary alicyclic amines) is 1. The molecule has 2 aliphatic rings. The highest BCUT2D eigenvalue weighted by molar-refractivity contribution is 6.30. The van der Waals surface area contributed by atoms with Gasteiger partial charge in [-0.25, -0.2) is 5.01 Å². The van der Waals surface area contributed by atoms with E-state index in [1.807, 2.05) is 24.3 Å². The summed E-state index contributed by atoms with van der Waals surface area (Å²) in [6.07, 6.45) is 4.32. The summed E-state index contributed by atoms with van der Waals surface area (Å²) in [6, 6.07) is 14.1. The number of amides is 1. The lowest BCUT2D eigenvalue weighted by atomic mass is 9.95. The zero-order valence-corrected chi connectivity index (χ0v) is 18.0. The van der Waals surface area contributed by atoms with E-state index < -0.39 is 0 Å². The van der Waals surface area contributed by atoms with Gasteiger partial charge in [0.25, 0.3) is 5.91 Å². The number of halogens is 1. The molecule has 1 atom stereocenters. The first kappa shape index (κ1) is 20.1. The van der Waals surface area contributed by atoms with Crippen LogP contribution >= 0.6 is 11.6 Å². The van der Waals surface area contributed by atoms with Crippen molar-refractivity contribution < 1.29 is 4.79 Å². The molecule has 0 radical (unpaired) electrons. The largest absolute Gasteiger partial charge is 0.294 e. The first-order chi connectivity index (χ1) is 14.0. The van der Waals surface area contributed by atoms with Crippen LogP contribution in [0.2, 0.25) is 5.02 Å². The van der Waals surface area contributed by atoms with Crippen molar-refractivity contribution in [1.82, 2.24) is 9.91 Å². The second kappa shape index (κ2) is 8.68. The normalized spacial score (nSPS) is 20.0. The maximum atomic E-state index is 13.2. The lowest BCUT2D eigenvalue weighted by molar-refractivity contribution is -0.134. The van der Waals surface area contributed by atoms with Crippen molar-refractivity contribution in [2.24, 2.45) is 5.10 Å². The van der Waals surface area contributed by atoms with E-state index in [9.17, 15) is 4.79 Å². The van der Waals surface area contributed by atoms with Crippen molar-refractivity contribution in [2.75, 3.05) is 19.6 Å². The Morgan fingerprint density at radius 3 is 2.52 bits per heavy atom. The Balaban J connectivity index is 1.64. The van der Waals surface area contributed by atoms with E-state index in [2.05, 4.69) is 36.9 Å². The molecule has 2 aromatic rings. The summed E-state index contributed by atoms with van der Waals surface area (Å²) < 4.78 is 0. The molecule has 29 heavy (non-hydrogen) atoms. The predicted octanol–water partition coefficient (Wildman–Crippen LogP) is 5.12. The number of aryl methyl sites for hydroxylation is 2. The van der Waals surface area contributed by atoms with Crippen LogP contribution in [0.15, 0.2) is 47.6 Å². The minimum absolute atomic E-state index is 0.0761. The fraction of sp³-hybridized carbons (Fsp3) is 0.417. The minimum Gasteiger partial charge on any atom is -0.294 e. The van der Waals surface area contributed by atoms with Crippen LogP contribution in [0.4, 0.5) is 0 Å². The average Bonchev–Trinajstić information content (AvgIpc) is 3.16. The molecule has 4 rings (SSSR count). The third-order valence-corrected chi connectivity index (χ3v) is 6.18. The molecule has 0 bridgehead atoms. The summed E-state index contributed by atoms with van der Waals surface area (Å²) >= 11 is 6.09. The third-order valence-electron chi connectivity index (χ3n) is 5.93. The summed E-state index contributed by atoms with van der Waals surface area (Å²) in [5.74, 6) is 0.0761. The van der Waals surface area contributed by atoms with Crippen molar-refractivity contribution >= 4 is 23.2 Å². The molecule has 2 heterocycles. The van der Waals surface area contributed by atoms with E-state index in [1.165, 1.54) is 30.4 Å². The number of nitrogens with zero attached hydrogens (tertiary/aromatic N) is 3. The lowest BCUT2D eigenvalue weighted by Crippen LogP contribution is -2.40. The summed E-state index contributed by atoms with van der Waals surface area (Å²) in [4.78, 5) is 15.5. The van der Waals surface area contributed by atoms with Crippen LogP contribution in [0.5, 0.6) is 0 Å². The Morgan fingerprint density at radius 1 is 1.07 bits per heavy atom. The van der Waals surface area contributed by atoms with Gasteiger partial charge in [-0.15, -0.1) is 0 Å². The van der Waals surface area contributed by atoms with Gasteiger partial charge in [0, 0.05) is 17.0 Å². The monoisotopic (exact) mass is 409 g/mol. The SMILES string of the molecule is Cc1ccc(C)c(C2=NN(C(=O)CN3CCCCC3)[C@@H](c3ccc(Cl)cc3)C2)c1. The molecule has 1 saturated heterocycles. The predicted molar refractivity (Wildman–Crippen MR) is 118 cm³/mol. The summed E-state index contributed by atoms with van der Waals surface area (Å²) in [5.41, 5.74) is 5.59. The fourth-order valence-electron chi connectivity index (χ4n) is 4.28. The number of carbonyl (C=O) groups excluding carboxylic acids is 1. The molecular formula is C24H28ClN3O. The molecule has 0 aromatic heterocycles. The number of benzene rings is 2. The van der Waals surface area contributed by atoms with E-state index in [4.69, 9.17) is 16.7 Å². The molecular weight excluding hydrogens is 382 g/mol. The first-order valence-electron chi connectivity index (χ1n) is 10.5. The van der Waals surface area contributed by atoms with Crippen molar-refractivity contribution in [3.63, 3.8) is 0 Å². The standard InChI is InChI=1S/C24H28ClN3O/c1-17-6-7-18(2)21(14-17)22-15-23(19-8-10-20(25)11-9-19)28(26-22)24(29)16-27-12-4-3-5-13-27/h6-11,14,23H,3-5,12-13,15-16H2,1-2H3/t23-/m1/s1. The molecule has 2 aromatic carbocycles. The number of hydrazone groups is 1. The zero-order valence-electron chi connectivity index (χ0n) is 17.2. The van der Waals surface area contributed by atoms with Gasteiger partial charge in [-0.2, -0.15) is 5.10 Å². The first-order valence-corrected chi connectivity index (χ1v) is 10.8. The zero-order chi connectivity index (χ0) is 20.4. The van der Waals surface area contributed by atoms with Gasteiger partial charge in [-0.05, 0) is 69.1 Å². The van der Waals surface area contributed by atoms with Crippen LogP contribution < -0.4 is 0 Å². The van der Waals surface area contributed by atoms with E-state index in [1.54, 1.807) is 5.01 Å². The van der Waals surface area contributed by atoms with Gasteiger partial charge in [0.1, 0.15) is 0 Å². The van der Waals surface area contributed by atoms with Gasteiger partial charge >= 0.3 is 0 Å². The fourth-order valence-corrected chi connectivity index (χ4v) is 4.40. The van der Waals surface area contributed by atoms with Crippen LogP contribution in [0.25, 0.3) is 0 Å². The van der Waals surface area contributed by atoms with Crippen molar-refractivity contribution in [2.45, 2.75) is 45.6 Å². The van der Waals surface area contributed by atoms with Gasteiger partial charge in [-0.1, -0.05) is 47.9 Å². The van der Waals surface area contributed by atoms with Crippen LogP contribution in [-0.2, 0) is 4.79 Å². The molecule has 0 saturated carbocycles. The van der Waals surface area contributed by atoms with Crippen LogP contribution in [0.3, 0.4) is 0 Å². The maximum Gasteiger partial charge on any atom is 0.257 e.